The first kappa shape index (κ1) is 11.5. The molecule has 0 amide bonds. The first-order chi connectivity index (χ1) is 6.97. The molecular weight excluding hydrogens is 218 g/mol. The van der Waals surface area contributed by atoms with Gasteiger partial charge in [0, 0.05) is 12.6 Å². The monoisotopic (exact) mass is 229 g/mol. The lowest BCUT2D eigenvalue weighted by Gasteiger charge is -2.07. The van der Waals surface area contributed by atoms with Crippen LogP contribution in [0.1, 0.15) is 18.1 Å². The molecule has 0 aliphatic rings. The molecule has 5 nitrogen and oxygen atoms in total. The second kappa shape index (κ2) is 4.31. The Labute approximate surface area is 88.1 Å². The standard InChI is InChI=1S/C9H11NO4S/c1-3-10-8(11)4-6(2)7(9(10)12)5-15(13)14/h4-5,11H,3H2,1-2H3. The number of hydrogen-bond acceptors (Lipinski definition) is 4. The molecule has 0 saturated heterocycles. The fourth-order valence-corrected chi connectivity index (χ4v) is 1.79. The van der Waals surface area contributed by atoms with Crippen molar-refractivity contribution >= 4 is 15.7 Å². The lowest BCUT2D eigenvalue weighted by Crippen LogP contribution is -2.24. The van der Waals surface area contributed by atoms with Crippen LogP contribution in [0.3, 0.4) is 0 Å². The number of pyridine rings is 1. The molecule has 1 N–H and O–H groups in total. The highest BCUT2D eigenvalue weighted by Gasteiger charge is 2.09. The van der Waals surface area contributed by atoms with Gasteiger partial charge in [-0.2, -0.15) is 8.42 Å². The highest BCUT2D eigenvalue weighted by atomic mass is 32.2. The third-order valence-electron chi connectivity index (χ3n) is 2.05. The van der Waals surface area contributed by atoms with Crippen LogP contribution >= 0.6 is 0 Å². The van der Waals surface area contributed by atoms with E-state index in [1.807, 2.05) is 0 Å². The summed E-state index contributed by atoms with van der Waals surface area (Å²) in [4.78, 5) is 11.7. The quantitative estimate of drug-likeness (QED) is 0.719. The van der Waals surface area contributed by atoms with Gasteiger partial charge < -0.3 is 5.11 Å². The molecule has 0 saturated carbocycles. The van der Waals surface area contributed by atoms with Crippen molar-refractivity contribution in [2.75, 3.05) is 0 Å². The van der Waals surface area contributed by atoms with Crippen LogP contribution in [0.2, 0.25) is 0 Å². The molecule has 1 rings (SSSR count). The van der Waals surface area contributed by atoms with E-state index in [1.54, 1.807) is 13.8 Å². The van der Waals surface area contributed by atoms with Crippen molar-refractivity contribution in [2.45, 2.75) is 20.4 Å². The molecule has 0 fully saturated rings. The van der Waals surface area contributed by atoms with Gasteiger partial charge in [0.05, 0.1) is 10.9 Å². The van der Waals surface area contributed by atoms with Crippen LogP contribution < -0.4 is 5.56 Å². The van der Waals surface area contributed by atoms with Crippen LogP contribution in [0.15, 0.2) is 10.9 Å². The third kappa shape index (κ3) is 2.27. The summed E-state index contributed by atoms with van der Waals surface area (Å²) in [6.45, 7) is 3.55. The average molecular weight is 229 g/mol. The molecule has 82 valence electrons. The van der Waals surface area contributed by atoms with Gasteiger partial charge in [-0.15, -0.1) is 0 Å². The predicted molar refractivity (Wildman–Crippen MR) is 56.9 cm³/mol. The molecule has 0 aliphatic carbocycles. The van der Waals surface area contributed by atoms with Crippen molar-refractivity contribution < 1.29 is 13.5 Å². The van der Waals surface area contributed by atoms with E-state index in [4.69, 9.17) is 0 Å². The first-order valence-electron chi connectivity index (χ1n) is 4.33. The molecule has 0 bridgehead atoms. The SMILES string of the molecule is CCn1c(O)cc(C)c(C=S(=O)=O)c1=O. The van der Waals surface area contributed by atoms with Crippen LogP contribution in [0.4, 0.5) is 0 Å². The van der Waals surface area contributed by atoms with Crippen molar-refractivity contribution in [3.63, 3.8) is 0 Å². The fraction of sp³-hybridized carbons (Fsp3) is 0.333. The van der Waals surface area contributed by atoms with Gasteiger partial charge in [0.25, 0.3) is 5.56 Å². The maximum Gasteiger partial charge on any atom is 0.261 e. The summed E-state index contributed by atoms with van der Waals surface area (Å²) < 4.78 is 22.1. The van der Waals surface area contributed by atoms with E-state index in [0.717, 1.165) is 9.93 Å². The smallest absolute Gasteiger partial charge is 0.261 e. The Bertz CT molecular complexity index is 561. The second-order valence-electron chi connectivity index (χ2n) is 3.03. The normalized spacial score (nSPS) is 10.0. The van der Waals surface area contributed by atoms with Gasteiger partial charge in [0.1, 0.15) is 0 Å². The summed E-state index contributed by atoms with van der Waals surface area (Å²) in [5.41, 5.74) is 0.0218. The van der Waals surface area contributed by atoms with Crippen molar-refractivity contribution in [3.05, 3.63) is 27.5 Å². The maximum absolute atomic E-state index is 11.7. The van der Waals surface area contributed by atoms with Crippen LogP contribution in [0.25, 0.3) is 0 Å². The molecular formula is C9H11NO4S. The maximum atomic E-state index is 11.7. The molecule has 1 heterocycles. The van der Waals surface area contributed by atoms with Crippen molar-refractivity contribution in [1.82, 2.24) is 4.57 Å². The van der Waals surface area contributed by atoms with E-state index in [0.29, 0.717) is 5.56 Å². The molecule has 0 aliphatic heterocycles. The number of aromatic nitrogens is 1. The zero-order valence-corrected chi connectivity index (χ0v) is 9.21. The molecule has 0 atom stereocenters. The number of hydrogen-bond donors (Lipinski definition) is 1. The minimum Gasteiger partial charge on any atom is -0.494 e. The van der Waals surface area contributed by atoms with Gasteiger partial charge in [-0.25, -0.2) is 0 Å². The summed E-state index contributed by atoms with van der Waals surface area (Å²) in [5, 5.41) is 10.3. The summed E-state index contributed by atoms with van der Waals surface area (Å²) in [5.74, 6) is -0.158. The molecule has 1 aromatic rings. The summed E-state index contributed by atoms with van der Waals surface area (Å²) >= 11 is 0. The van der Waals surface area contributed by atoms with E-state index in [-0.39, 0.29) is 18.0 Å². The lowest BCUT2D eigenvalue weighted by molar-refractivity contribution is 0.410. The molecule has 6 heteroatoms. The molecule has 1 aromatic heterocycles. The van der Waals surface area contributed by atoms with Gasteiger partial charge in [0.2, 0.25) is 10.3 Å². The Hall–Kier alpha value is -1.56. The second-order valence-corrected chi connectivity index (χ2v) is 3.78. The Balaban J connectivity index is 3.68. The lowest BCUT2D eigenvalue weighted by atomic mass is 10.2. The van der Waals surface area contributed by atoms with Crippen LogP contribution in [-0.4, -0.2) is 23.5 Å². The molecule has 0 unspecified atom stereocenters. The summed E-state index contributed by atoms with van der Waals surface area (Å²) in [6, 6.07) is 1.36. The van der Waals surface area contributed by atoms with Gasteiger partial charge in [-0.05, 0) is 19.4 Å². The van der Waals surface area contributed by atoms with E-state index in [2.05, 4.69) is 0 Å². The van der Waals surface area contributed by atoms with Crippen molar-refractivity contribution in [2.24, 2.45) is 0 Å². The topological polar surface area (TPSA) is 76.4 Å². The fourth-order valence-electron chi connectivity index (χ4n) is 1.31. The highest BCUT2D eigenvalue weighted by molar-refractivity contribution is 7.71. The van der Waals surface area contributed by atoms with Crippen LogP contribution in [-0.2, 0) is 16.8 Å². The third-order valence-corrected chi connectivity index (χ3v) is 2.48. The molecule has 0 spiro atoms. The Morgan fingerprint density at radius 2 is 2.13 bits per heavy atom. The summed E-state index contributed by atoms with van der Waals surface area (Å²) in [6.07, 6.45) is 0. The van der Waals surface area contributed by atoms with E-state index in [9.17, 15) is 18.3 Å². The minimum absolute atomic E-state index is 0.0861. The zero-order chi connectivity index (χ0) is 11.6. The minimum atomic E-state index is -2.42. The number of aryl methyl sites for hydroxylation is 1. The number of rotatable bonds is 2. The van der Waals surface area contributed by atoms with Crippen LogP contribution in [0, 0.1) is 6.92 Å². The Morgan fingerprint density at radius 3 is 2.60 bits per heavy atom. The molecule has 0 radical (unpaired) electrons. The van der Waals surface area contributed by atoms with Gasteiger partial charge in [-0.1, -0.05) is 0 Å². The van der Waals surface area contributed by atoms with Crippen molar-refractivity contribution in [1.29, 1.82) is 0 Å². The molecule has 0 aromatic carbocycles. The van der Waals surface area contributed by atoms with Crippen LogP contribution in [0.5, 0.6) is 5.88 Å². The van der Waals surface area contributed by atoms with E-state index in [1.165, 1.54) is 6.07 Å². The Morgan fingerprint density at radius 1 is 1.53 bits per heavy atom. The highest BCUT2D eigenvalue weighted by Crippen LogP contribution is 2.10. The van der Waals surface area contributed by atoms with Gasteiger partial charge >= 0.3 is 0 Å². The largest absolute Gasteiger partial charge is 0.494 e. The van der Waals surface area contributed by atoms with E-state index < -0.39 is 15.9 Å². The number of aromatic hydroxyl groups is 1. The first-order valence-corrected chi connectivity index (χ1v) is 5.47. The summed E-state index contributed by atoms with van der Waals surface area (Å²) in [7, 11) is -2.42. The van der Waals surface area contributed by atoms with E-state index >= 15 is 0 Å². The number of nitrogens with zero attached hydrogens (tertiary/aromatic N) is 1. The Kier molecular flexibility index (Phi) is 3.31. The van der Waals surface area contributed by atoms with Gasteiger partial charge in [-0.3, -0.25) is 9.36 Å². The average Bonchev–Trinajstić information content (AvgIpc) is 2.12. The predicted octanol–water partition coefficient (Wildman–Crippen LogP) is -0.0884. The van der Waals surface area contributed by atoms with Crippen molar-refractivity contribution in [3.8, 4) is 5.88 Å². The van der Waals surface area contributed by atoms with Gasteiger partial charge in [0.15, 0.2) is 5.88 Å². The molecule has 15 heavy (non-hydrogen) atoms. The zero-order valence-electron chi connectivity index (χ0n) is 8.39.